The van der Waals surface area contributed by atoms with Crippen LogP contribution < -0.4 is 5.32 Å². The minimum Gasteiger partial charge on any atom is -0.339 e. The molecule has 2 aromatic carbocycles. The van der Waals surface area contributed by atoms with E-state index in [1.54, 1.807) is 12.1 Å². The lowest BCUT2D eigenvalue weighted by Gasteiger charge is -2.22. The van der Waals surface area contributed by atoms with E-state index in [-0.39, 0.29) is 11.8 Å². The Balaban J connectivity index is 1.71. The second-order valence-electron chi connectivity index (χ2n) is 7.51. The number of likely N-dealkylation sites (tertiary alicyclic amines) is 1. The van der Waals surface area contributed by atoms with Crippen molar-refractivity contribution in [3.8, 4) is 0 Å². The minimum absolute atomic E-state index is 0.00714. The molecule has 1 aliphatic rings. The van der Waals surface area contributed by atoms with Crippen LogP contribution in [0.15, 0.2) is 48.5 Å². The van der Waals surface area contributed by atoms with Crippen LogP contribution in [0.5, 0.6) is 0 Å². The summed E-state index contributed by atoms with van der Waals surface area (Å²) in [6.07, 6.45) is 7.79. The average Bonchev–Trinajstić information content (AvgIpc) is 3.02. The van der Waals surface area contributed by atoms with Gasteiger partial charge in [-0.1, -0.05) is 50.5 Å². The van der Waals surface area contributed by atoms with E-state index in [9.17, 15) is 9.59 Å². The summed E-state index contributed by atoms with van der Waals surface area (Å²) in [6.45, 7) is 3.76. The Morgan fingerprint density at radius 1 is 0.929 bits per heavy atom. The number of hydrogen-bond donors (Lipinski definition) is 1. The number of benzene rings is 2. The first-order chi connectivity index (χ1) is 13.7. The normalized spacial score (nSPS) is 14.4. The molecule has 0 atom stereocenters. The predicted molar refractivity (Wildman–Crippen MR) is 114 cm³/mol. The fourth-order valence-corrected chi connectivity index (χ4v) is 3.62. The van der Waals surface area contributed by atoms with Crippen LogP contribution >= 0.6 is 0 Å². The van der Waals surface area contributed by atoms with Gasteiger partial charge in [0.25, 0.3) is 11.8 Å². The lowest BCUT2D eigenvalue weighted by molar-refractivity contribution is 0.0762. The summed E-state index contributed by atoms with van der Waals surface area (Å²) < 4.78 is 0. The van der Waals surface area contributed by atoms with Crippen LogP contribution in [-0.2, 0) is 6.42 Å². The topological polar surface area (TPSA) is 49.4 Å². The van der Waals surface area contributed by atoms with Gasteiger partial charge in [0.1, 0.15) is 0 Å². The van der Waals surface area contributed by atoms with Gasteiger partial charge in [0.2, 0.25) is 0 Å². The molecule has 1 heterocycles. The van der Waals surface area contributed by atoms with E-state index in [0.717, 1.165) is 45.2 Å². The fourth-order valence-electron chi connectivity index (χ4n) is 3.62. The highest BCUT2D eigenvalue weighted by Crippen LogP contribution is 2.21. The third-order valence-corrected chi connectivity index (χ3v) is 5.33. The first kappa shape index (κ1) is 20.1. The number of aryl methyl sites for hydroxylation is 1. The molecule has 0 saturated carbocycles. The van der Waals surface area contributed by atoms with Gasteiger partial charge >= 0.3 is 0 Å². The van der Waals surface area contributed by atoms with Crippen molar-refractivity contribution in [2.75, 3.05) is 18.4 Å². The molecule has 2 amide bonds. The zero-order valence-corrected chi connectivity index (χ0v) is 16.7. The molecule has 1 N–H and O–H groups in total. The van der Waals surface area contributed by atoms with Crippen LogP contribution in [0.25, 0.3) is 0 Å². The van der Waals surface area contributed by atoms with E-state index in [2.05, 4.69) is 12.2 Å². The molecule has 0 spiro atoms. The predicted octanol–water partition coefficient (Wildman–Crippen LogP) is 5.30. The highest BCUT2D eigenvalue weighted by molar-refractivity contribution is 6.09. The summed E-state index contributed by atoms with van der Waals surface area (Å²) in [5.41, 5.74) is 3.00. The van der Waals surface area contributed by atoms with E-state index >= 15 is 0 Å². The number of nitrogens with one attached hydrogen (secondary N) is 1. The number of amides is 2. The van der Waals surface area contributed by atoms with Gasteiger partial charge in [0, 0.05) is 18.7 Å². The third-order valence-electron chi connectivity index (χ3n) is 5.33. The van der Waals surface area contributed by atoms with Crippen molar-refractivity contribution in [1.29, 1.82) is 0 Å². The van der Waals surface area contributed by atoms with Crippen molar-refractivity contribution in [3.63, 3.8) is 0 Å². The summed E-state index contributed by atoms with van der Waals surface area (Å²) in [6, 6.07) is 15.1. The zero-order chi connectivity index (χ0) is 19.8. The van der Waals surface area contributed by atoms with Crippen molar-refractivity contribution < 1.29 is 9.59 Å². The van der Waals surface area contributed by atoms with Crippen LogP contribution in [-0.4, -0.2) is 29.8 Å². The molecule has 0 aromatic heterocycles. The van der Waals surface area contributed by atoms with E-state index in [4.69, 9.17) is 0 Å². The zero-order valence-electron chi connectivity index (χ0n) is 16.7. The molecule has 0 radical (unpaired) electrons. The van der Waals surface area contributed by atoms with Crippen LogP contribution in [0.3, 0.4) is 0 Å². The quantitative estimate of drug-likeness (QED) is 0.742. The molecule has 0 aliphatic carbocycles. The molecular formula is C24H30N2O2. The number of rotatable bonds is 6. The lowest BCUT2D eigenvalue weighted by Crippen LogP contribution is -2.32. The highest BCUT2D eigenvalue weighted by Gasteiger charge is 2.20. The largest absolute Gasteiger partial charge is 0.339 e. The van der Waals surface area contributed by atoms with Crippen molar-refractivity contribution >= 4 is 17.5 Å². The average molecular weight is 379 g/mol. The van der Waals surface area contributed by atoms with Crippen molar-refractivity contribution in [2.45, 2.75) is 51.9 Å². The Labute approximate surface area is 167 Å². The Bertz CT molecular complexity index is 791. The van der Waals surface area contributed by atoms with Gasteiger partial charge in [0.15, 0.2) is 0 Å². The van der Waals surface area contributed by atoms with E-state index < -0.39 is 0 Å². The molecule has 1 aliphatic heterocycles. The Morgan fingerprint density at radius 2 is 1.61 bits per heavy atom. The monoisotopic (exact) mass is 378 g/mol. The molecule has 28 heavy (non-hydrogen) atoms. The number of unbranched alkanes of at least 4 members (excludes halogenated alkanes) is 1. The first-order valence-electron chi connectivity index (χ1n) is 10.5. The van der Waals surface area contributed by atoms with Crippen LogP contribution in [0.1, 0.15) is 71.7 Å². The van der Waals surface area contributed by atoms with Gasteiger partial charge in [-0.15, -0.1) is 0 Å². The van der Waals surface area contributed by atoms with Gasteiger partial charge in [-0.25, -0.2) is 0 Å². The van der Waals surface area contributed by atoms with Crippen molar-refractivity contribution in [2.24, 2.45) is 0 Å². The highest BCUT2D eigenvalue weighted by atomic mass is 16.2. The number of hydrogen-bond acceptors (Lipinski definition) is 2. The molecule has 4 nitrogen and oxygen atoms in total. The molecule has 3 rings (SSSR count). The van der Waals surface area contributed by atoms with Gasteiger partial charge < -0.3 is 10.2 Å². The minimum atomic E-state index is -0.182. The maximum atomic E-state index is 13.0. The number of para-hydroxylation sites is 1. The van der Waals surface area contributed by atoms with E-state index in [1.165, 1.54) is 18.4 Å². The number of carbonyl (C=O) groups excluding carboxylic acids is 2. The standard InChI is InChI=1S/C24H30N2O2/c1-2-3-10-19-13-15-20(16-14-19)23(27)25-22-12-7-6-11-21(22)24(28)26-17-8-4-5-9-18-26/h6-7,11-16H,2-5,8-10,17-18H2,1H3,(H,25,27). The van der Waals surface area contributed by atoms with Gasteiger partial charge in [-0.3, -0.25) is 9.59 Å². The Kier molecular flexibility index (Phi) is 7.24. The summed E-state index contributed by atoms with van der Waals surface area (Å²) in [7, 11) is 0. The van der Waals surface area contributed by atoms with Crippen LogP contribution in [0.4, 0.5) is 5.69 Å². The Hall–Kier alpha value is -2.62. The molecule has 0 unspecified atom stereocenters. The molecule has 1 fully saturated rings. The van der Waals surface area contributed by atoms with Crippen molar-refractivity contribution in [1.82, 2.24) is 4.90 Å². The first-order valence-corrected chi connectivity index (χ1v) is 10.5. The van der Waals surface area contributed by atoms with E-state index in [0.29, 0.717) is 16.8 Å². The second-order valence-corrected chi connectivity index (χ2v) is 7.51. The second kappa shape index (κ2) is 10.1. The molecule has 1 saturated heterocycles. The summed E-state index contributed by atoms with van der Waals surface area (Å²) >= 11 is 0. The van der Waals surface area contributed by atoms with E-state index in [1.807, 2.05) is 41.3 Å². The molecule has 148 valence electrons. The van der Waals surface area contributed by atoms with Crippen LogP contribution in [0.2, 0.25) is 0 Å². The number of anilines is 1. The maximum Gasteiger partial charge on any atom is 0.255 e. The maximum absolute atomic E-state index is 13.0. The molecule has 2 aromatic rings. The SMILES string of the molecule is CCCCc1ccc(C(=O)Nc2ccccc2C(=O)N2CCCCCC2)cc1. The van der Waals surface area contributed by atoms with Gasteiger partial charge in [0.05, 0.1) is 11.3 Å². The van der Waals surface area contributed by atoms with Crippen molar-refractivity contribution in [3.05, 3.63) is 65.2 Å². The number of carbonyl (C=O) groups is 2. The van der Waals surface area contributed by atoms with Gasteiger partial charge in [-0.05, 0) is 55.5 Å². The summed E-state index contributed by atoms with van der Waals surface area (Å²) in [5.74, 6) is -0.175. The third kappa shape index (κ3) is 5.22. The molecule has 0 bridgehead atoms. The molecule has 4 heteroatoms. The van der Waals surface area contributed by atoms with Crippen LogP contribution in [0, 0.1) is 0 Å². The number of nitrogens with zero attached hydrogens (tertiary/aromatic N) is 1. The smallest absolute Gasteiger partial charge is 0.255 e. The summed E-state index contributed by atoms with van der Waals surface area (Å²) in [5, 5.41) is 2.94. The lowest BCUT2D eigenvalue weighted by atomic mass is 10.1. The summed E-state index contributed by atoms with van der Waals surface area (Å²) in [4.78, 5) is 27.6. The Morgan fingerprint density at radius 3 is 2.29 bits per heavy atom. The molecular weight excluding hydrogens is 348 g/mol. The van der Waals surface area contributed by atoms with Gasteiger partial charge in [-0.2, -0.15) is 0 Å². The fraction of sp³-hybridized carbons (Fsp3) is 0.417.